The van der Waals surface area contributed by atoms with E-state index in [2.05, 4.69) is 28.7 Å². The second kappa shape index (κ2) is 6.37. The maximum Gasteiger partial charge on any atom is 0.356 e. The van der Waals surface area contributed by atoms with Crippen LogP contribution in [0.2, 0.25) is 5.02 Å². The summed E-state index contributed by atoms with van der Waals surface area (Å²) in [5.41, 5.74) is -0.138. The van der Waals surface area contributed by atoms with Gasteiger partial charge in [-0.05, 0) is 5.92 Å². The molecule has 0 unspecified atom stereocenters. The van der Waals surface area contributed by atoms with Crippen LogP contribution in [-0.4, -0.2) is 58.7 Å². The Bertz CT molecular complexity index is 487. The number of piperazine rings is 1. The lowest BCUT2D eigenvalue weighted by Crippen LogP contribution is -2.48. The van der Waals surface area contributed by atoms with Gasteiger partial charge in [0.05, 0.1) is 11.2 Å². The molecule has 6 nitrogen and oxygen atoms in total. The quantitative estimate of drug-likeness (QED) is 0.910. The van der Waals surface area contributed by atoms with Gasteiger partial charge in [0.1, 0.15) is 0 Å². The van der Waals surface area contributed by atoms with Gasteiger partial charge in [-0.3, -0.25) is 4.90 Å². The van der Waals surface area contributed by atoms with Crippen LogP contribution in [0.25, 0.3) is 0 Å². The topological polar surface area (TPSA) is 69.6 Å². The summed E-state index contributed by atoms with van der Waals surface area (Å²) in [6.45, 7) is 8.96. The Morgan fingerprint density at radius 3 is 2.60 bits per heavy atom. The van der Waals surface area contributed by atoms with Crippen LogP contribution < -0.4 is 4.90 Å². The number of nitrogens with zero attached hydrogens (tertiary/aromatic N) is 4. The van der Waals surface area contributed by atoms with E-state index in [1.165, 1.54) is 6.20 Å². The summed E-state index contributed by atoms with van der Waals surface area (Å²) in [7, 11) is 0. The van der Waals surface area contributed by atoms with Crippen molar-refractivity contribution in [3.8, 4) is 0 Å². The van der Waals surface area contributed by atoms with E-state index in [0.29, 0.717) is 11.9 Å². The van der Waals surface area contributed by atoms with Gasteiger partial charge < -0.3 is 10.0 Å². The van der Waals surface area contributed by atoms with Crippen molar-refractivity contribution in [2.45, 2.75) is 13.8 Å². The predicted molar refractivity (Wildman–Crippen MR) is 77.5 cm³/mol. The zero-order chi connectivity index (χ0) is 14.7. The molecule has 1 saturated heterocycles. The van der Waals surface area contributed by atoms with E-state index in [-0.39, 0.29) is 10.7 Å². The molecule has 0 aromatic carbocycles. The fourth-order valence-electron chi connectivity index (χ4n) is 2.31. The number of halogens is 1. The van der Waals surface area contributed by atoms with Gasteiger partial charge in [0.2, 0.25) is 5.95 Å². The molecule has 1 N–H and O–H groups in total. The minimum atomic E-state index is -1.13. The minimum absolute atomic E-state index is 0.0692. The summed E-state index contributed by atoms with van der Waals surface area (Å²) in [6.07, 6.45) is 1.35. The molecular weight excluding hydrogens is 280 g/mol. The molecule has 0 bridgehead atoms. The van der Waals surface area contributed by atoms with E-state index in [0.717, 1.165) is 32.7 Å². The van der Waals surface area contributed by atoms with Crippen LogP contribution in [0.4, 0.5) is 5.95 Å². The first-order chi connectivity index (χ1) is 9.47. The van der Waals surface area contributed by atoms with Crippen LogP contribution in [0.1, 0.15) is 24.3 Å². The molecule has 1 aromatic rings. The molecule has 110 valence electrons. The van der Waals surface area contributed by atoms with Crippen molar-refractivity contribution >= 4 is 23.5 Å². The number of aromatic carboxylic acids is 1. The number of rotatable bonds is 4. The molecule has 2 heterocycles. The summed E-state index contributed by atoms with van der Waals surface area (Å²) in [5, 5.41) is 9.10. The average Bonchev–Trinajstić information content (AvgIpc) is 2.39. The summed E-state index contributed by atoms with van der Waals surface area (Å²) in [4.78, 5) is 23.6. The van der Waals surface area contributed by atoms with Crippen molar-refractivity contribution in [3.05, 3.63) is 16.9 Å². The van der Waals surface area contributed by atoms with Gasteiger partial charge in [0.25, 0.3) is 0 Å². The highest BCUT2D eigenvalue weighted by molar-refractivity contribution is 6.33. The molecule has 1 aliphatic rings. The summed E-state index contributed by atoms with van der Waals surface area (Å²) in [5.74, 6) is -0.0416. The van der Waals surface area contributed by atoms with E-state index in [1.54, 1.807) is 0 Å². The number of carboxylic acids is 1. The van der Waals surface area contributed by atoms with Crippen molar-refractivity contribution in [1.29, 1.82) is 0 Å². The van der Waals surface area contributed by atoms with Crippen LogP contribution in [0.3, 0.4) is 0 Å². The van der Waals surface area contributed by atoms with E-state index in [9.17, 15) is 4.79 Å². The monoisotopic (exact) mass is 298 g/mol. The van der Waals surface area contributed by atoms with Crippen LogP contribution >= 0.6 is 11.6 Å². The number of carboxylic acid groups (broad SMARTS) is 1. The molecule has 1 aromatic heterocycles. The first kappa shape index (κ1) is 15.0. The molecule has 0 saturated carbocycles. The largest absolute Gasteiger partial charge is 0.476 e. The molecule has 1 fully saturated rings. The third kappa shape index (κ3) is 3.58. The fourth-order valence-corrected chi connectivity index (χ4v) is 2.48. The molecular formula is C13H19ClN4O2. The summed E-state index contributed by atoms with van der Waals surface area (Å²) >= 11 is 5.78. The normalized spacial score (nSPS) is 16.7. The zero-order valence-electron chi connectivity index (χ0n) is 11.7. The molecule has 7 heteroatoms. The molecule has 0 atom stereocenters. The molecule has 1 aliphatic heterocycles. The first-order valence-corrected chi connectivity index (χ1v) is 7.08. The van der Waals surface area contributed by atoms with Crippen molar-refractivity contribution in [3.63, 3.8) is 0 Å². The van der Waals surface area contributed by atoms with Gasteiger partial charge in [0, 0.05) is 32.7 Å². The smallest absolute Gasteiger partial charge is 0.356 e. The van der Waals surface area contributed by atoms with E-state index < -0.39 is 5.97 Å². The van der Waals surface area contributed by atoms with E-state index >= 15 is 0 Å². The third-order valence-electron chi connectivity index (χ3n) is 3.21. The Kier molecular flexibility index (Phi) is 4.77. The van der Waals surface area contributed by atoms with Crippen LogP contribution in [-0.2, 0) is 0 Å². The Hall–Kier alpha value is -1.40. The van der Waals surface area contributed by atoms with Gasteiger partial charge in [-0.15, -0.1) is 0 Å². The van der Waals surface area contributed by atoms with Gasteiger partial charge in [-0.2, -0.15) is 0 Å². The standard InChI is InChI=1S/C13H19ClN4O2/c1-9(2)8-17-3-5-18(6-4-17)13-15-7-10(14)11(16-13)12(19)20/h7,9H,3-6,8H2,1-2H3,(H,19,20). The summed E-state index contributed by atoms with van der Waals surface area (Å²) in [6, 6.07) is 0. The number of hydrogen-bond donors (Lipinski definition) is 1. The second-order valence-electron chi connectivity index (χ2n) is 5.35. The maximum atomic E-state index is 11.0. The van der Waals surface area contributed by atoms with Gasteiger partial charge in [-0.1, -0.05) is 25.4 Å². The molecule has 2 rings (SSSR count). The fraction of sp³-hybridized carbons (Fsp3) is 0.615. The van der Waals surface area contributed by atoms with Gasteiger partial charge in [-0.25, -0.2) is 14.8 Å². The average molecular weight is 299 g/mol. The highest BCUT2D eigenvalue weighted by atomic mass is 35.5. The van der Waals surface area contributed by atoms with Crippen molar-refractivity contribution in [2.24, 2.45) is 5.92 Å². The molecule has 0 spiro atoms. The molecule has 0 radical (unpaired) electrons. The maximum absolute atomic E-state index is 11.0. The lowest BCUT2D eigenvalue weighted by molar-refractivity contribution is 0.0690. The van der Waals surface area contributed by atoms with Crippen LogP contribution in [0.5, 0.6) is 0 Å². The molecule has 0 aliphatic carbocycles. The Morgan fingerprint density at radius 2 is 2.05 bits per heavy atom. The second-order valence-corrected chi connectivity index (χ2v) is 5.76. The molecule has 0 amide bonds. The Balaban J connectivity index is 2.03. The SMILES string of the molecule is CC(C)CN1CCN(c2ncc(Cl)c(C(=O)O)n2)CC1. The number of hydrogen-bond acceptors (Lipinski definition) is 5. The van der Waals surface area contributed by atoms with Crippen LogP contribution in [0, 0.1) is 5.92 Å². The minimum Gasteiger partial charge on any atom is -0.476 e. The van der Waals surface area contributed by atoms with Gasteiger partial charge in [0.15, 0.2) is 5.69 Å². The molecule has 20 heavy (non-hydrogen) atoms. The first-order valence-electron chi connectivity index (χ1n) is 6.70. The Labute approximate surface area is 123 Å². The van der Waals surface area contributed by atoms with Gasteiger partial charge >= 0.3 is 5.97 Å². The van der Waals surface area contributed by atoms with Crippen molar-refractivity contribution < 1.29 is 9.90 Å². The zero-order valence-corrected chi connectivity index (χ0v) is 12.5. The van der Waals surface area contributed by atoms with Crippen molar-refractivity contribution in [1.82, 2.24) is 14.9 Å². The van der Waals surface area contributed by atoms with E-state index in [1.807, 2.05) is 4.90 Å². The highest BCUT2D eigenvalue weighted by Gasteiger charge is 2.21. The Morgan fingerprint density at radius 1 is 1.40 bits per heavy atom. The number of aromatic nitrogens is 2. The van der Waals surface area contributed by atoms with E-state index in [4.69, 9.17) is 16.7 Å². The highest BCUT2D eigenvalue weighted by Crippen LogP contribution is 2.18. The summed E-state index contributed by atoms with van der Waals surface area (Å²) < 4.78 is 0. The number of anilines is 1. The van der Waals surface area contributed by atoms with Crippen LogP contribution in [0.15, 0.2) is 6.20 Å². The third-order valence-corrected chi connectivity index (χ3v) is 3.49. The lowest BCUT2D eigenvalue weighted by atomic mass is 10.2. The number of carbonyl (C=O) groups is 1. The lowest BCUT2D eigenvalue weighted by Gasteiger charge is -2.35. The van der Waals surface area contributed by atoms with Crippen molar-refractivity contribution in [2.75, 3.05) is 37.6 Å². The predicted octanol–water partition coefficient (Wildman–Crippen LogP) is 1.61.